The second-order valence-corrected chi connectivity index (χ2v) is 7.67. The molecule has 1 aliphatic rings. The van der Waals surface area contributed by atoms with E-state index < -0.39 is 9.05 Å². The number of nitrogens with one attached hydrogen (secondary N) is 1. The van der Waals surface area contributed by atoms with Crippen molar-refractivity contribution in [1.82, 2.24) is 9.88 Å². The van der Waals surface area contributed by atoms with Crippen LogP contribution in [0.1, 0.15) is 30.3 Å². The van der Waals surface area contributed by atoms with Gasteiger partial charge < -0.3 is 9.88 Å². The van der Waals surface area contributed by atoms with Gasteiger partial charge in [-0.3, -0.25) is 4.79 Å². The second-order valence-electron chi connectivity index (χ2n) is 5.10. The topological polar surface area (TPSA) is 68.2 Å². The van der Waals surface area contributed by atoms with Crippen LogP contribution < -0.4 is 5.32 Å². The van der Waals surface area contributed by atoms with Crippen molar-refractivity contribution in [1.29, 1.82) is 0 Å². The summed E-state index contributed by atoms with van der Waals surface area (Å²) in [5, 5.41) is 2.81. The number of halogens is 1. The Bertz CT molecular complexity index is 587. The Hall–Kier alpha value is -1.01. The van der Waals surface area contributed by atoms with Crippen LogP contribution in [0.5, 0.6) is 0 Å². The lowest BCUT2D eigenvalue weighted by molar-refractivity contribution is 0.0938. The molecule has 1 saturated carbocycles. The molecule has 2 rings (SSSR count). The summed E-state index contributed by atoms with van der Waals surface area (Å²) in [4.78, 5) is 11.8. The van der Waals surface area contributed by atoms with Crippen molar-refractivity contribution in [2.24, 2.45) is 12.5 Å². The van der Waals surface area contributed by atoms with Gasteiger partial charge in [-0.25, -0.2) is 8.42 Å². The minimum Gasteiger partial charge on any atom is -0.350 e. The fourth-order valence-corrected chi connectivity index (χ4v) is 2.46. The standard InChI is InChI=1S/C11H15ClN2O3S/c1-11(3-4-11)7-13-10(15)9-5-8(6-14(9)2)18(12,16)17/h5-6H,3-4,7H2,1-2H3,(H,13,15). The number of rotatable bonds is 4. The van der Waals surface area contributed by atoms with Crippen molar-refractivity contribution < 1.29 is 13.2 Å². The van der Waals surface area contributed by atoms with Crippen LogP contribution in [0.25, 0.3) is 0 Å². The third-order valence-corrected chi connectivity index (χ3v) is 4.59. The van der Waals surface area contributed by atoms with Gasteiger partial charge in [0.1, 0.15) is 10.6 Å². The van der Waals surface area contributed by atoms with E-state index in [2.05, 4.69) is 12.2 Å². The number of hydrogen-bond donors (Lipinski definition) is 1. The quantitative estimate of drug-likeness (QED) is 0.854. The van der Waals surface area contributed by atoms with Crippen molar-refractivity contribution >= 4 is 25.6 Å². The molecule has 0 aliphatic heterocycles. The zero-order chi connectivity index (χ0) is 13.6. The first kappa shape index (κ1) is 13.4. The van der Waals surface area contributed by atoms with Gasteiger partial charge in [-0.05, 0) is 24.3 Å². The highest BCUT2D eigenvalue weighted by molar-refractivity contribution is 8.13. The van der Waals surface area contributed by atoms with E-state index in [0.29, 0.717) is 12.2 Å². The van der Waals surface area contributed by atoms with Crippen molar-refractivity contribution in [3.8, 4) is 0 Å². The lowest BCUT2D eigenvalue weighted by Gasteiger charge is -2.10. The maximum Gasteiger partial charge on any atom is 0.267 e. The average molecular weight is 291 g/mol. The molecule has 0 aromatic carbocycles. The van der Waals surface area contributed by atoms with Gasteiger partial charge in [0, 0.05) is 30.5 Å². The number of carbonyl (C=O) groups excluding carboxylic acids is 1. The fourth-order valence-electron chi connectivity index (χ4n) is 1.67. The molecule has 0 saturated heterocycles. The SMILES string of the molecule is Cn1cc(S(=O)(=O)Cl)cc1C(=O)NCC1(C)CC1. The van der Waals surface area contributed by atoms with Crippen LogP contribution in [0.3, 0.4) is 0 Å². The molecule has 0 spiro atoms. The molecule has 18 heavy (non-hydrogen) atoms. The molecule has 1 aromatic rings. The zero-order valence-electron chi connectivity index (χ0n) is 10.2. The monoisotopic (exact) mass is 290 g/mol. The molecule has 1 aliphatic carbocycles. The Labute approximate surface area is 111 Å². The zero-order valence-corrected chi connectivity index (χ0v) is 11.8. The molecule has 1 amide bonds. The number of aromatic nitrogens is 1. The van der Waals surface area contributed by atoms with Crippen LogP contribution >= 0.6 is 10.7 Å². The summed E-state index contributed by atoms with van der Waals surface area (Å²) < 4.78 is 23.8. The lowest BCUT2D eigenvalue weighted by Crippen LogP contribution is -2.30. The maximum atomic E-state index is 11.9. The summed E-state index contributed by atoms with van der Waals surface area (Å²) in [6, 6.07) is 1.28. The predicted octanol–water partition coefficient (Wildman–Crippen LogP) is 1.48. The van der Waals surface area contributed by atoms with E-state index in [1.807, 2.05) is 0 Å². The second kappa shape index (κ2) is 4.28. The average Bonchev–Trinajstić information content (AvgIpc) is 2.84. The minimum atomic E-state index is -3.80. The van der Waals surface area contributed by atoms with E-state index >= 15 is 0 Å². The number of carbonyl (C=O) groups is 1. The molecule has 1 heterocycles. The lowest BCUT2D eigenvalue weighted by atomic mass is 10.1. The summed E-state index contributed by atoms with van der Waals surface area (Å²) in [6.07, 6.45) is 3.56. The van der Waals surface area contributed by atoms with E-state index in [-0.39, 0.29) is 16.2 Å². The Morgan fingerprint density at radius 3 is 2.61 bits per heavy atom. The first-order chi connectivity index (χ1) is 8.21. The highest BCUT2D eigenvalue weighted by Gasteiger charge is 2.37. The molecule has 1 N–H and O–H groups in total. The number of nitrogens with zero attached hydrogens (tertiary/aromatic N) is 1. The molecule has 1 aromatic heterocycles. The molecule has 1 fully saturated rings. The normalized spacial score (nSPS) is 17.5. The van der Waals surface area contributed by atoms with Gasteiger partial charge >= 0.3 is 0 Å². The fraction of sp³-hybridized carbons (Fsp3) is 0.545. The first-order valence-electron chi connectivity index (χ1n) is 5.61. The van der Waals surface area contributed by atoms with Crippen LogP contribution in [-0.4, -0.2) is 25.4 Å². The van der Waals surface area contributed by atoms with Crippen LogP contribution in [0.15, 0.2) is 17.2 Å². The van der Waals surface area contributed by atoms with Gasteiger partial charge in [0.2, 0.25) is 0 Å². The largest absolute Gasteiger partial charge is 0.350 e. The van der Waals surface area contributed by atoms with Gasteiger partial charge in [0.05, 0.1) is 0 Å². The van der Waals surface area contributed by atoms with E-state index in [9.17, 15) is 13.2 Å². The summed E-state index contributed by atoms with van der Waals surface area (Å²) >= 11 is 0. The molecular formula is C11H15ClN2O3S. The van der Waals surface area contributed by atoms with Gasteiger partial charge in [-0.2, -0.15) is 0 Å². The van der Waals surface area contributed by atoms with Crippen molar-refractivity contribution in [2.75, 3.05) is 6.54 Å². The summed E-state index contributed by atoms with van der Waals surface area (Å²) in [5.41, 5.74) is 0.501. The first-order valence-corrected chi connectivity index (χ1v) is 7.91. The van der Waals surface area contributed by atoms with Gasteiger partial charge in [-0.1, -0.05) is 6.92 Å². The van der Waals surface area contributed by atoms with Gasteiger partial charge in [-0.15, -0.1) is 0 Å². The highest BCUT2D eigenvalue weighted by Crippen LogP contribution is 2.44. The van der Waals surface area contributed by atoms with Crippen LogP contribution in [0.4, 0.5) is 0 Å². The Morgan fingerprint density at radius 1 is 1.56 bits per heavy atom. The third-order valence-electron chi connectivity index (χ3n) is 3.27. The van der Waals surface area contributed by atoms with E-state index in [1.165, 1.54) is 16.8 Å². The van der Waals surface area contributed by atoms with Gasteiger partial charge in [0.25, 0.3) is 15.0 Å². The molecule has 100 valence electrons. The van der Waals surface area contributed by atoms with E-state index in [1.54, 1.807) is 7.05 Å². The number of hydrogen-bond acceptors (Lipinski definition) is 3. The van der Waals surface area contributed by atoms with Gasteiger partial charge in [0.15, 0.2) is 0 Å². The number of aryl methyl sites for hydroxylation is 1. The Kier molecular flexibility index (Phi) is 3.19. The molecule has 0 radical (unpaired) electrons. The summed E-state index contributed by atoms with van der Waals surface area (Å²) in [7, 11) is 3.05. The Morgan fingerprint density at radius 2 is 2.17 bits per heavy atom. The maximum absolute atomic E-state index is 11.9. The molecule has 0 bridgehead atoms. The smallest absolute Gasteiger partial charge is 0.267 e. The van der Waals surface area contributed by atoms with Crippen molar-refractivity contribution in [3.05, 3.63) is 18.0 Å². The van der Waals surface area contributed by atoms with Crippen LogP contribution in [0, 0.1) is 5.41 Å². The molecular weight excluding hydrogens is 276 g/mol. The van der Waals surface area contributed by atoms with Crippen LogP contribution in [0.2, 0.25) is 0 Å². The summed E-state index contributed by atoms with van der Waals surface area (Å²) in [6.45, 7) is 2.72. The van der Waals surface area contributed by atoms with E-state index in [4.69, 9.17) is 10.7 Å². The van der Waals surface area contributed by atoms with Crippen LogP contribution in [-0.2, 0) is 16.1 Å². The number of amides is 1. The van der Waals surface area contributed by atoms with E-state index in [0.717, 1.165) is 12.8 Å². The Balaban J connectivity index is 2.12. The molecule has 7 heteroatoms. The summed E-state index contributed by atoms with van der Waals surface area (Å²) in [5.74, 6) is -0.280. The predicted molar refractivity (Wildman–Crippen MR) is 68.1 cm³/mol. The highest BCUT2D eigenvalue weighted by atomic mass is 35.7. The molecule has 0 atom stereocenters. The molecule has 5 nitrogen and oxygen atoms in total. The van der Waals surface area contributed by atoms with Crippen molar-refractivity contribution in [3.63, 3.8) is 0 Å². The molecule has 0 unspecified atom stereocenters. The minimum absolute atomic E-state index is 0.0607. The van der Waals surface area contributed by atoms with Crippen molar-refractivity contribution in [2.45, 2.75) is 24.7 Å². The third kappa shape index (κ3) is 2.87.